The Bertz CT molecular complexity index is 393. The molecule has 0 radical (unpaired) electrons. The number of methoxy groups -OCH3 is 1. The van der Waals surface area contributed by atoms with Crippen LogP contribution in [0.3, 0.4) is 0 Å². The van der Waals surface area contributed by atoms with E-state index in [-0.39, 0.29) is 11.6 Å². The van der Waals surface area contributed by atoms with Crippen LogP contribution in [0, 0.1) is 6.92 Å². The van der Waals surface area contributed by atoms with Gasteiger partial charge in [0.1, 0.15) is 0 Å². The number of halogens is 1. The normalized spacial score (nSPS) is 13.7. The number of nitrogens with one attached hydrogen (secondary N) is 1. The number of benzene rings is 1. The summed E-state index contributed by atoms with van der Waals surface area (Å²) in [5.74, 6) is 5.66. The van der Waals surface area contributed by atoms with Gasteiger partial charge in [0, 0.05) is 18.2 Å². The van der Waals surface area contributed by atoms with Crippen LogP contribution >= 0.6 is 11.6 Å². The molecule has 1 aromatic carbocycles. The Morgan fingerprint density at radius 3 is 2.67 bits per heavy atom. The monoisotopic (exact) mass is 270 g/mol. The maximum atomic E-state index is 6.04. The average molecular weight is 271 g/mol. The van der Waals surface area contributed by atoms with Gasteiger partial charge < -0.3 is 4.74 Å². The SMILES string of the molecule is COC(C)(C)CCC(NN)c1cc(Cl)ccc1C. The lowest BCUT2D eigenvalue weighted by molar-refractivity contribution is 0.0116. The van der Waals surface area contributed by atoms with Crippen molar-refractivity contribution in [3.8, 4) is 0 Å². The molecule has 1 unspecified atom stereocenters. The van der Waals surface area contributed by atoms with Gasteiger partial charge in [-0.25, -0.2) is 0 Å². The van der Waals surface area contributed by atoms with Crippen LogP contribution in [0.15, 0.2) is 18.2 Å². The third-order valence-electron chi connectivity index (χ3n) is 3.41. The second kappa shape index (κ2) is 6.53. The molecular weight excluding hydrogens is 248 g/mol. The molecule has 0 saturated carbocycles. The summed E-state index contributed by atoms with van der Waals surface area (Å²) in [6, 6.07) is 5.98. The van der Waals surface area contributed by atoms with Crippen molar-refractivity contribution >= 4 is 11.6 Å². The first-order chi connectivity index (χ1) is 8.39. The highest BCUT2D eigenvalue weighted by Gasteiger charge is 2.20. The molecule has 4 heteroatoms. The van der Waals surface area contributed by atoms with Crippen molar-refractivity contribution < 1.29 is 4.74 Å². The fourth-order valence-corrected chi connectivity index (χ4v) is 2.09. The highest BCUT2D eigenvalue weighted by Crippen LogP contribution is 2.27. The van der Waals surface area contributed by atoms with E-state index in [0.29, 0.717) is 0 Å². The zero-order valence-corrected chi connectivity index (χ0v) is 12.3. The van der Waals surface area contributed by atoms with E-state index in [2.05, 4.69) is 26.2 Å². The van der Waals surface area contributed by atoms with Crippen molar-refractivity contribution in [3.05, 3.63) is 34.3 Å². The van der Waals surface area contributed by atoms with E-state index in [0.717, 1.165) is 23.4 Å². The topological polar surface area (TPSA) is 47.3 Å². The Kier molecular flexibility index (Phi) is 5.60. The van der Waals surface area contributed by atoms with Crippen molar-refractivity contribution in [3.63, 3.8) is 0 Å². The summed E-state index contributed by atoms with van der Waals surface area (Å²) in [6.45, 7) is 6.22. The van der Waals surface area contributed by atoms with Gasteiger partial charge in [-0.2, -0.15) is 0 Å². The van der Waals surface area contributed by atoms with Crippen LogP contribution < -0.4 is 11.3 Å². The Morgan fingerprint density at radius 2 is 2.11 bits per heavy atom. The van der Waals surface area contributed by atoms with Crippen molar-refractivity contribution in [1.82, 2.24) is 5.43 Å². The van der Waals surface area contributed by atoms with Crippen molar-refractivity contribution in [2.45, 2.75) is 45.3 Å². The number of ether oxygens (including phenoxy) is 1. The van der Waals surface area contributed by atoms with E-state index >= 15 is 0 Å². The molecule has 3 N–H and O–H groups in total. The Balaban J connectivity index is 2.80. The van der Waals surface area contributed by atoms with Gasteiger partial charge in [0.2, 0.25) is 0 Å². The second-order valence-electron chi connectivity index (χ2n) is 5.22. The first-order valence-corrected chi connectivity index (χ1v) is 6.55. The van der Waals surface area contributed by atoms with E-state index in [1.54, 1.807) is 7.11 Å². The number of hydrazine groups is 1. The van der Waals surface area contributed by atoms with Crippen LogP contribution in [-0.2, 0) is 4.74 Å². The molecule has 1 rings (SSSR count). The second-order valence-corrected chi connectivity index (χ2v) is 5.66. The minimum absolute atomic E-state index is 0.0955. The summed E-state index contributed by atoms with van der Waals surface area (Å²) in [7, 11) is 1.73. The zero-order chi connectivity index (χ0) is 13.8. The standard InChI is InChI=1S/C14H23ClN2O/c1-10-5-6-11(15)9-12(10)13(17-16)7-8-14(2,3)18-4/h5-6,9,13,17H,7-8,16H2,1-4H3. The lowest BCUT2D eigenvalue weighted by Gasteiger charge is -2.26. The third kappa shape index (κ3) is 4.25. The van der Waals surface area contributed by atoms with E-state index in [4.69, 9.17) is 22.2 Å². The summed E-state index contributed by atoms with van der Waals surface area (Å²) < 4.78 is 5.43. The molecule has 0 aliphatic rings. The van der Waals surface area contributed by atoms with Gasteiger partial charge >= 0.3 is 0 Å². The minimum Gasteiger partial charge on any atom is -0.379 e. The van der Waals surface area contributed by atoms with Crippen LogP contribution in [0.25, 0.3) is 0 Å². The lowest BCUT2D eigenvalue weighted by atomic mass is 9.93. The predicted octanol–water partition coefficient (Wildman–Crippen LogP) is 3.36. The number of aryl methyl sites for hydroxylation is 1. The third-order valence-corrected chi connectivity index (χ3v) is 3.64. The molecule has 0 bridgehead atoms. The van der Waals surface area contributed by atoms with Gasteiger partial charge in [0.25, 0.3) is 0 Å². The van der Waals surface area contributed by atoms with E-state index in [1.165, 1.54) is 5.56 Å². The summed E-state index contributed by atoms with van der Waals surface area (Å²) >= 11 is 6.04. The highest BCUT2D eigenvalue weighted by molar-refractivity contribution is 6.30. The van der Waals surface area contributed by atoms with Gasteiger partial charge in [-0.05, 0) is 56.9 Å². The molecule has 1 aromatic rings. The number of hydrogen-bond acceptors (Lipinski definition) is 3. The van der Waals surface area contributed by atoms with Crippen LogP contribution in [-0.4, -0.2) is 12.7 Å². The molecule has 0 heterocycles. The molecule has 0 aromatic heterocycles. The molecule has 0 aliphatic carbocycles. The fourth-order valence-electron chi connectivity index (χ4n) is 1.91. The largest absolute Gasteiger partial charge is 0.379 e. The first-order valence-electron chi connectivity index (χ1n) is 6.17. The van der Waals surface area contributed by atoms with Crippen LogP contribution in [0.1, 0.15) is 43.9 Å². The number of nitrogens with two attached hydrogens (primary N) is 1. The number of hydrogen-bond donors (Lipinski definition) is 2. The van der Waals surface area contributed by atoms with Crippen molar-refractivity contribution in [2.24, 2.45) is 5.84 Å². The maximum absolute atomic E-state index is 6.04. The van der Waals surface area contributed by atoms with Gasteiger partial charge in [-0.3, -0.25) is 11.3 Å². The van der Waals surface area contributed by atoms with Crippen LogP contribution in [0.4, 0.5) is 0 Å². The van der Waals surface area contributed by atoms with Gasteiger partial charge in [0.05, 0.1) is 5.60 Å². The Labute approximate surface area is 115 Å². The highest BCUT2D eigenvalue weighted by atomic mass is 35.5. The van der Waals surface area contributed by atoms with Crippen LogP contribution in [0.5, 0.6) is 0 Å². The lowest BCUT2D eigenvalue weighted by Crippen LogP contribution is -2.31. The molecule has 1 atom stereocenters. The number of rotatable bonds is 6. The molecule has 0 amide bonds. The molecular formula is C14H23ClN2O. The summed E-state index contributed by atoms with van der Waals surface area (Å²) in [6.07, 6.45) is 1.82. The van der Waals surface area contributed by atoms with Crippen molar-refractivity contribution in [2.75, 3.05) is 7.11 Å². The molecule has 0 saturated heterocycles. The Morgan fingerprint density at radius 1 is 1.44 bits per heavy atom. The minimum atomic E-state index is -0.137. The van der Waals surface area contributed by atoms with Crippen molar-refractivity contribution in [1.29, 1.82) is 0 Å². The molecule has 0 spiro atoms. The molecule has 102 valence electrons. The first kappa shape index (κ1) is 15.4. The quantitative estimate of drug-likeness (QED) is 0.616. The zero-order valence-electron chi connectivity index (χ0n) is 11.6. The average Bonchev–Trinajstić information content (AvgIpc) is 2.34. The van der Waals surface area contributed by atoms with E-state index < -0.39 is 0 Å². The van der Waals surface area contributed by atoms with Gasteiger partial charge in [0.15, 0.2) is 0 Å². The van der Waals surface area contributed by atoms with Gasteiger partial charge in [-0.15, -0.1) is 0 Å². The van der Waals surface area contributed by atoms with E-state index in [9.17, 15) is 0 Å². The van der Waals surface area contributed by atoms with Crippen LogP contribution in [0.2, 0.25) is 5.02 Å². The predicted molar refractivity (Wildman–Crippen MR) is 76.6 cm³/mol. The summed E-state index contributed by atoms with van der Waals surface area (Å²) in [5, 5.41) is 0.738. The molecule has 0 fully saturated rings. The summed E-state index contributed by atoms with van der Waals surface area (Å²) in [5.41, 5.74) is 5.07. The molecule has 18 heavy (non-hydrogen) atoms. The smallest absolute Gasteiger partial charge is 0.0623 e. The maximum Gasteiger partial charge on any atom is 0.0623 e. The van der Waals surface area contributed by atoms with Gasteiger partial charge in [-0.1, -0.05) is 17.7 Å². The molecule has 3 nitrogen and oxygen atoms in total. The molecule has 0 aliphatic heterocycles. The fraction of sp³-hybridized carbons (Fsp3) is 0.571. The summed E-state index contributed by atoms with van der Waals surface area (Å²) in [4.78, 5) is 0. The Hall–Kier alpha value is -0.610. The van der Waals surface area contributed by atoms with E-state index in [1.807, 2.05) is 18.2 Å².